The Hall–Kier alpha value is -3.08. The minimum absolute atomic E-state index is 0.178. The van der Waals surface area contributed by atoms with Crippen molar-refractivity contribution in [3.05, 3.63) is 66.4 Å². The van der Waals surface area contributed by atoms with Crippen molar-refractivity contribution >= 4 is 17.3 Å². The lowest BCUT2D eigenvalue weighted by Crippen LogP contribution is -2.21. The Labute approximate surface area is 147 Å². The molecule has 0 unspecified atom stereocenters. The van der Waals surface area contributed by atoms with Gasteiger partial charge in [0.15, 0.2) is 0 Å². The summed E-state index contributed by atoms with van der Waals surface area (Å²) in [7, 11) is 0. The quantitative estimate of drug-likeness (QED) is 0.711. The SMILES string of the molecule is CCN(CC)c1ccc(NC(=O)c2cn[nH]c2-c2ccccc2)cc1. The van der Waals surface area contributed by atoms with Crippen molar-refractivity contribution in [1.82, 2.24) is 10.2 Å². The predicted octanol–water partition coefficient (Wildman–Crippen LogP) is 4.18. The molecule has 0 bridgehead atoms. The zero-order valence-corrected chi connectivity index (χ0v) is 14.5. The molecule has 0 fully saturated rings. The van der Waals surface area contributed by atoms with Gasteiger partial charge in [0.05, 0.1) is 17.5 Å². The summed E-state index contributed by atoms with van der Waals surface area (Å²) in [6.45, 7) is 6.17. The molecule has 2 aromatic carbocycles. The summed E-state index contributed by atoms with van der Waals surface area (Å²) in [6, 6.07) is 17.6. The lowest BCUT2D eigenvalue weighted by molar-refractivity contribution is 0.102. The van der Waals surface area contributed by atoms with Crippen molar-refractivity contribution in [3.63, 3.8) is 0 Å². The first kappa shape index (κ1) is 16.8. The molecule has 0 spiro atoms. The fourth-order valence-corrected chi connectivity index (χ4v) is 2.83. The van der Waals surface area contributed by atoms with Crippen LogP contribution in [0.4, 0.5) is 11.4 Å². The van der Waals surface area contributed by atoms with Crippen LogP contribution < -0.4 is 10.2 Å². The predicted molar refractivity (Wildman–Crippen MR) is 102 cm³/mol. The van der Waals surface area contributed by atoms with Crippen LogP contribution in [0.15, 0.2) is 60.8 Å². The standard InChI is InChI=1S/C20H22N4O/c1-3-24(4-2)17-12-10-16(11-13-17)22-20(25)18-14-21-23-19(18)15-8-6-5-7-9-15/h5-14H,3-4H2,1-2H3,(H,21,23)(H,22,25). The van der Waals surface area contributed by atoms with Gasteiger partial charge in [-0.1, -0.05) is 30.3 Å². The number of hydrogen-bond donors (Lipinski definition) is 2. The second kappa shape index (κ2) is 7.66. The van der Waals surface area contributed by atoms with Crippen LogP contribution in [-0.2, 0) is 0 Å². The summed E-state index contributed by atoms with van der Waals surface area (Å²) in [4.78, 5) is 14.9. The average Bonchev–Trinajstić information content (AvgIpc) is 3.15. The minimum Gasteiger partial charge on any atom is -0.372 e. The number of H-pyrrole nitrogens is 1. The number of anilines is 2. The highest BCUT2D eigenvalue weighted by Crippen LogP contribution is 2.23. The molecular weight excluding hydrogens is 312 g/mol. The van der Waals surface area contributed by atoms with Crippen LogP contribution >= 0.6 is 0 Å². The highest BCUT2D eigenvalue weighted by Gasteiger charge is 2.15. The molecule has 0 aliphatic carbocycles. The molecule has 0 saturated heterocycles. The Bertz CT molecular complexity index is 820. The molecule has 0 radical (unpaired) electrons. The van der Waals surface area contributed by atoms with Gasteiger partial charge in [-0.2, -0.15) is 5.10 Å². The van der Waals surface area contributed by atoms with E-state index in [1.807, 2.05) is 54.6 Å². The summed E-state index contributed by atoms with van der Waals surface area (Å²) in [5, 5.41) is 9.88. The van der Waals surface area contributed by atoms with Gasteiger partial charge in [0.1, 0.15) is 0 Å². The van der Waals surface area contributed by atoms with Crippen LogP contribution in [0.2, 0.25) is 0 Å². The molecule has 1 heterocycles. The fraction of sp³-hybridized carbons (Fsp3) is 0.200. The Balaban J connectivity index is 1.76. The third-order valence-electron chi connectivity index (χ3n) is 4.20. The molecule has 3 aromatic rings. The van der Waals surface area contributed by atoms with Crippen molar-refractivity contribution in [2.24, 2.45) is 0 Å². The van der Waals surface area contributed by atoms with Crippen molar-refractivity contribution in [3.8, 4) is 11.3 Å². The first-order chi connectivity index (χ1) is 12.2. The number of nitrogens with one attached hydrogen (secondary N) is 2. The molecule has 128 valence electrons. The number of amides is 1. The highest BCUT2D eigenvalue weighted by molar-refractivity contribution is 6.08. The Kier molecular flexibility index (Phi) is 5.14. The Morgan fingerprint density at radius 3 is 2.36 bits per heavy atom. The number of carbonyl (C=O) groups excluding carboxylic acids is 1. The molecule has 1 aromatic heterocycles. The summed E-state index contributed by atoms with van der Waals surface area (Å²) >= 11 is 0. The van der Waals surface area contributed by atoms with E-state index in [0.29, 0.717) is 5.56 Å². The topological polar surface area (TPSA) is 61.0 Å². The zero-order chi connectivity index (χ0) is 17.6. The molecule has 3 rings (SSSR count). The van der Waals surface area contributed by atoms with Crippen molar-refractivity contribution in [1.29, 1.82) is 0 Å². The van der Waals surface area contributed by atoms with E-state index in [1.165, 1.54) is 0 Å². The molecule has 0 aliphatic rings. The van der Waals surface area contributed by atoms with E-state index in [4.69, 9.17) is 0 Å². The molecule has 2 N–H and O–H groups in total. The van der Waals surface area contributed by atoms with Crippen LogP contribution in [0.25, 0.3) is 11.3 Å². The number of nitrogens with zero attached hydrogens (tertiary/aromatic N) is 2. The van der Waals surface area contributed by atoms with E-state index in [1.54, 1.807) is 6.20 Å². The van der Waals surface area contributed by atoms with Crippen molar-refractivity contribution < 1.29 is 4.79 Å². The molecular formula is C20H22N4O. The van der Waals surface area contributed by atoms with Gasteiger partial charge >= 0.3 is 0 Å². The van der Waals surface area contributed by atoms with E-state index >= 15 is 0 Å². The van der Waals surface area contributed by atoms with Gasteiger partial charge in [-0.25, -0.2) is 0 Å². The summed E-state index contributed by atoms with van der Waals surface area (Å²) in [6.07, 6.45) is 1.56. The molecule has 0 saturated carbocycles. The second-order valence-electron chi connectivity index (χ2n) is 5.70. The number of benzene rings is 2. The van der Waals surface area contributed by atoms with Gasteiger partial charge in [-0.05, 0) is 38.1 Å². The van der Waals surface area contributed by atoms with E-state index in [2.05, 4.69) is 34.3 Å². The van der Waals surface area contributed by atoms with Gasteiger partial charge in [0.25, 0.3) is 5.91 Å². The second-order valence-corrected chi connectivity index (χ2v) is 5.70. The van der Waals surface area contributed by atoms with E-state index < -0.39 is 0 Å². The Morgan fingerprint density at radius 2 is 1.72 bits per heavy atom. The fourth-order valence-electron chi connectivity index (χ4n) is 2.83. The molecule has 1 amide bonds. The first-order valence-electron chi connectivity index (χ1n) is 8.48. The third-order valence-corrected chi connectivity index (χ3v) is 4.20. The number of carbonyl (C=O) groups is 1. The summed E-state index contributed by atoms with van der Waals surface area (Å²) < 4.78 is 0. The summed E-state index contributed by atoms with van der Waals surface area (Å²) in [5.41, 5.74) is 4.09. The lowest BCUT2D eigenvalue weighted by atomic mass is 10.1. The lowest BCUT2D eigenvalue weighted by Gasteiger charge is -2.21. The largest absolute Gasteiger partial charge is 0.372 e. The molecule has 25 heavy (non-hydrogen) atoms. The number of aromatic amines is 1. The number of aromatic nitrogens is 2. The van der Waals surface area contributed by atoms with Crippen LogP contribution in [0, 0.1) is 0 Å². The zero-order valence-electron chi connectivity index (χ0n) is 14.5. The molecule has 5 heteroatoms. The maximum absolute atomic E-state index is 12.6. The number of rotatable bonds is 6. The van der Waals surface area contributed by atoms with E-state index in [0.717, 1.165) is 35.7 Å². The van der Waals surface area contributed by atoms with Crippen molar-refractivity contribution in [2.75, 3.05) is 23.3 Å². The van der Waals surface area contributed by atoms with Crippen LogP contribution in [0.3, 0.4) is 0 Å². The van der Waals surface area contributed by atoms with E-state index in [-0.39, 0.29) is 5.91 Å². The maximum Gasteiger partial charge on any atom is 0.259 e. The average molecular weight is 334 g/mol. The molecule has 5 nitrogen and oxygen atoms in total. The van der Waals surface area contributed by atoms with Gasteiger partial charge in [0.2, 0.25) is 0 Å². The summed E-state index contributed by atoms with van der Waals surface area (Å²) in [5.74, 6) is -0.178. The molecule has 0 atom stereocenters. The smallest absolute Gasteiger partial charge is 0.259 e. The van der Waals surface area contributed by atoms with Gasteiger partial charge < -0.3 is 10.2 Å². The molecule has 0 aliphatic heterocycles. The van der Waals surface area contributed by atoms with Gasteiger partial charge in [-0.15, -0.1) is 0 Å². The Morgan fingerprint density at radius 1 is 1.04 bits per heavy atom. The van der Waals surface area contributed by atoms with Gasteiger partial charge in [0, 0.05) is 30.0 Å². The highest BCUT2D eigenvalue weighted by atomic mass is 16.1. The maximum atomic E-state index is 12.6. The van der Waals surface area contributed by atoms with Crippen LogP contribution in [0.5, 0.6) is 0 Å². The van der Waals surface area contributed by atoms with Gasteiger partial charge in [-0.3, -0.25) is 9.89 Å². The van der Waals surface area contributed by atoms with Crippen LogP contribution in [-0.4, -0.2) is 29.2 Å². The van der Waals surface area contributed by atoms with Crippen molar-refractivity contribution in [2.45, 2.75) is 13.8 Å². The number of hydrogen-bond acceptors (Lipinski definition) is 3. The first-order valence-corrected chi connectivity index (χ1v) is 8.48. The van der Waals surface area contributed by atoms with E-state index in [9.17, 15) is 4.79 Å². The normalized spacial score (nSPS) is 10.5. The third kappa shape index (κ3) is 3.71. The monoisotopic (exact) mass is 334 g/mol. The van der Waals surface area contributed by atoms with Crippen LogP contribution in [0.1, 0.15) is 24.2 Å². The minimum atomic E-state index is -0.178.